The standard InChI is InChI=1S/C17H21N3O/c1-12-4-5-14(13(2)10-12)11-19-17(18)20-15-6-8-16(21-3)9-7-15/h4-10H,11H2,1-3H3,(H3,18,19,20). The average Bonchev–Trinajstić information content (AvgIpc) is 2.47. The molecule has 4 nitrogen and oxygen atoms in total. The lowest BCUT2D eigenvalue weighted by Gasteiger charge is -2.08. The zero-order valence-electron chi connectivity index (χ0n) is 12.7. The van der Waals surface area contributed by atoms with Crippen LogP contribution < -0.4 is 15.8 Å². The van der Waals surface area contributed by atoms with Crippen molar-refractivity contribution in [2.45, 2.75) is 20.4 Å². The van der Waals surface area contributed by atoms with Crippen molar-refractivity contribution in [1.29, 1.82) is 0 Å². The summed E-state index contributed by atoms with van der Waals surface area (Å²) in [6, 6.07) is 13.9. The molecule has 4 heteroatoms. The zero-order chi connectivity index (χ0) is 15.2. The van der Waals surface area contributed by atoms with Crippen LogP contribution in [-0.2, 0) is 6.54 Å². The molecule has 3 N–H and O–H groups in total. The van der Waals surface area contributed by atoms with E-state index in [2.05, 4.69) is 42.4 Å². The number of hydrogen-bond acceptors (Lipinski definition) is 2. The first-order valence-corrected chi connectivity index (χ1v) is 6.85. The minimum atomic E-state index is 0.403. The molecular weight excluding hydrogens is 262 g/mol. The van der Waals surface area contributed by atoms with Crippen LogP contribution in [0.25, 0.3) is 0 Å². The van der Waals surface area contributed by atoms with Gasteiger partial charge in [-0.05, 0) is 49.2 Å². The molecule has 21 heavy (non-hydrogen) atoms. The predicted octanol–water partition coefficient (Wildman–Crippen LogP) is 3.24. The number of benzene rings is 2. The van der Waals surface area contributed by atoms with Crippen LogP contribution >= 0.6 is 0 Å². The molecule has 0 fully saturated rings. The van der Waals surface area contributed by atoms with Crippen molar-refractivity contribution in [3.63, 3.8) is 0 Å². The van der Waals surface area contributed by atoms with Gasteiger partial charge in [-0.15, -0.1) is 0 Å². The number of guanidine groups is 1. The van der Waals surface area contributed by atoms with Gasteiger partial charge >= 0.3 is 0 Å². The molecule has 0 amide bonds. The zero-order valence-corrected chi connectivity index (χ0v) is 12.7. The van der Waals surface area contributed by atoms with E-state index in [0.717, 1.165) is 11.4 Å². The molecule has 0 bridgehead atoms. The molecule has 0 aromatic heterocycles. The lowest BCUT2D eigenvalue weighted by Crippen LogP contribution is -2.22. The van der Waals surface area contributed by atoms with E-state index in [0.29, 0.717) is 12.5 Å². The van der Waals surface area contributed by atoms with Gasteiger partial charge in [0.1, 0.15) is 5.75 Å². The molecule has 110 valence electrons. The van der Waals surface area contributed by atoms with Gasteiger partial charge in [0.2, 0.25) is 0 Å². The van der Waals surface area contributed by atoms with Crippen molar-refractivity contribution in [2.75, 3.05) is 12.4 Å². The lowest BCUT2D eigenvalue weighted by atomic mass is 10.1. The summed E-state index contributed by atoms with van der Waals surface area (Å²) in [6.07, 6.45) is 0. The van der Waals surface area contributed by atoms with Gasteiger partial charge in [-0.2, -0.15) is 0 Å². The second-order valence-corrected chi connectivity index (χ2v) is 4.98. The Labute approximate surface area is 125 Å². The van der Waals surface area contributed by atoms with Gasteiger partial charge in [-0.25, -0.2) is 4.99 Å². The van der Waals surface area contributed by atoms with Crippen molar-refractivity contribution in [1.82, 2.24) is 0 Å². The first-order chi connectivity index (χ1) is 10.1. The van der Waals surface area contributed by atoms with Gasteiger partial charge in [-0.3, -0.25) is 0 Å². The Morgan fingerprint density at radius 3 is 2.48 bits per heavy atom. The van der Waals surface area contributed by atoms with E-state index in [1.54, 1.807) is 7.11 Å². The van der Waals surface area contributed by atoms with Crippen LogP contribution in [0.4, 0.5) is 5.69 Å². The van der Waals surface area contributed by atoms with Crippen LogP contribution in [-0.4, -0.2) is 13.1 Å². The molecule has 2 aromatic rings. The fourth-order valence-corrected chi connectivity index (χ4v) is 2.06. The molecule has 0 heterocycles. The molecule has 0 aliphatic carbocycles. The second kappa shape index (κ2) is 6.79. The topological polar surface area (TPSA) is 59.6 Å². The molecule has 0 radical (unpaired) electrons. The minimum absolute atomic E-state index is 0.403. The molecule has 0 aliphatic heterocycles. The molecule has 2 aromatic carbocycles. The van der Waals surface area contributed by atoms with Gasteiger partial charge < -0.3 is 15.8 Å². The van der Waals surface area contributed by atoms with E-state index >= 15 is 0 Å². The maximum atomic E-state index is 5.91. The summed E-state index contributed by atoms with van der Waals surface area (Å²) in [4.78, 5) is 4.37. The maximum absolute atomic E-state index is 5.91. The van der Waals surface area contributed by atoms with Crippen molar-refractivity contribution in [3.8, 4) is 5.75 Å². The highest BCUT2D eigenvalue weighted by atomic mass is 16.5. The van der Waals surface area contributed by atoms with E-state index in [9.17, 15) is 0 Å². The highest BCUT2D eigenvalue weighted by Gasteiger charge is 1.99. The Hall–Kier alpha value is -2.49. The third-order valence-electron chi connectivity index (χ3n) is 3.28. The largest absolute Gasteiger partial charge is 0.497 e. The molecule has 2 rings (SSSR count). The number of aliphatic imine (C=N–C) groups is 1. The molecule has 0 saturated heterocycles. The fourth-order valence-electron chi connectivity index (χ4n) is 2.06. The quantitative estimate of drug-likeness (QED) is 0.669. The van der Waals surface area contributed by atoms with Crippen LogP contribution in [0, 0.1) is 13.8 Å². The van der Waals surface area contributed by atoms with Gasteiger partial charge in [0.15, 0.2) is 5.96 Å². The Morgan fingerprint density at radius 1 is 1.14 bits per heavy atom. The summed E-state index contributed by atoms with van der Waals surface area (Å²) in [7, 11) is 1.64. The monoisotopic (exact) mass is 283 g/mol. The predicted molar refractivity (Wildman–Crippen MR) is 87.9 cm³/mol. The molecule has 0 spiro atoms. The van der Waals surface area contributed by atoms with E-state index in [1.807, 2.05) is 24.3 Å². The SMILES string of the molecule is COc1ccc(NC(N)=NCc2ccc(C)cc2C)cc1. The number of methoxy groups -OCH3 is 1. The van der Waals surface area contributed by atoms with Crippen LogP contribution in [0.3, 0.4) is 0 Å². The highest BCUT2D eigenvalue weighted by molar-refractivity contribution is 5.92. The summed E-state index contributed by atoms with van der Waals surface area (Å²) < 4.78 is 5.11. The lowest BCUT2D eigenvalue weighted by molar-refractivity contribution is 0.415. The van der Waals surface area contributed by atoms with E-state index in [4.69, 9.17) is 10.5 Å². The van der Waals surface area contributed by atoms with Crippen LogP contribution in [0.15, 0.2) is 47.5 Å². The first-order valence-electron chi connectivity index (χ1n) is 6.85. The molecule has 0 atom stereocenters. The molecular formula is C17H21N3O. The van der Waals surface area contributed by atoms with Crippen molar-refractivity contribution in [3.05, 3.63) is 59.2 Å². The summed E-state index contributed by atoms with van der Waals surface area (Å²) in [5, 5.41) is 3.07. The Morgan fingerprint density at radius 2 is 1.86 bits per heavy atom. The van der Waals surface area contributed by atoms with Crippen LogP contribution in [0.1, 0.15) is 16.7 Å². The fraction of sp³-hybridized carbons (Fsp3) is 0.235. The first kappa shape index (κ1) is 14.9. The average molecular weight is 283 g/mol. The number of rotatable bonds is 4. The number of ether oxygens (including phenoxy) is 1. The van der Waals surface area contributed by atoms with Crippen LogP contribution in [0.5, 0.6) is 5.75 Å². The number of nitrogens with two attached hydrogens (primary N) is 1. The summed E-state index contributed by atoms with van der Waals surface area (Å²) in [6.45, 7) is 4.74. The highest BCUT2D eigenvalue weighted by Crippen LogP contribution is 2.15. The number of anilines is 1. The Bertz CT molecular complexity index is 633. The number of aryl methyl sites for hydroxylation is 2. The Kier molecular flexibility index (Phi) is 4.82. The van der Waals surface area contributed by atoms with Gasteiger partial charge in [0.05, 0.1) is 13.7 Å². The number of nitrogens with one attached hydrogen (secondary N) is 1. The third-order valence-corrected chi connectivity index (χ3v) is 3.28. The van der Waals surface area contributed by atoms with Crippen molar-refractivity contribution >= 4 is 11.6 Å². The number of hydrogen-bond donors (Lipinski definition) is 2. The number of nitrogens with zero attached hydrogens (tertiary/aromatic N) is 1. The maximum Gasteiger partial charge on any atom is 0.193 e. The van der Waals surface area contributed by atoms with E-state index < -0.39 is 0 Å². The molecule has 0 saturated carbocycles. The van der Waals surface area contributed by atoms with Gasteiger partial charge in [0.25, 0.3) is 0 Å². The van der Waals surface area contributed by atoms with E-state index in [-0.39, 0.29) is 0 Å². The normalized spacial score (nSPS) is 11.3. The van der Waals surface area contributed by atoms with E-state index in [1.165, 1.54) is 16.7 Å². The van der Waals surface area contributed by atoms with Crippen molar-refractivity contribution in [2.24, 2.45) is 10.7 Å². The third kappa shape index (κ3) is 4.24. The summed E-state index contributed by atoms with van der Waals surface area (Å²) in [5.74, 6) is 1.21. The Balaban J connectivity index is 2.00. The summed E-state index contributed by atoms with van der Waals surface area (Å²) in [5.41, 5.74) is 10.5. The smallest absolute Gasteiger partial charge is 0.193 e. The minimum Gasteiger partial charge on any atom is -0.497 e. The van der Waals surface area contributed by atoms with Gasteiger partial charge in [0, 0.05) is 5.69 Å². The molecule has 0 aliphatic rings. The van der Waals surface area contributed by atoms with Crippen LogP contribution in [0.2, 0.25) is 0 Å². The summed E-state index contributed by atoms with van der Waals surface area (Å²) >= 11 is 0. The van der Waals surface area contributed by atoms with Gasteiger partial charge in [-0.1, -0.05) is 23.8 Å². The molecule has 0 unspecified atom stereocenters. The second-order valence-electron chi connectivity index (χ2n) is 4.98. The van der Waals surface area contributed by atoms with Crippen molar-refractivity contribution < 1.29 is 4.74 Å².